The predicted octanol–water partition coefficient (Wildman–Crippen LogP) is 3.65. The topological polar surface area (TPSA) is 35.5 Å². The van der Waals surface area contributed by atoms with E-state index in [1.54, 1.807) is 12.1 Å². The summed E-state index contributed by atoms with van der Waals surface area (Å²) in [4.78, 5) is 12.1. The van der Waals surface area contributed by atoms with Gasteiger partial charge in [-0.15, -0.1) is 0 Å². The minimum atomic E-state index is -0.242. The summed E-state index contributed by atoms with van der Waals surface area (Å²) in [6.07, 6.45) is 6.05. The second-order valence-corrected chi connectivity index (χ2v) is 6.71. The van der Waals surface area contributed by atoms with Gasteiger partial charge in [-0.2, -0.15) is 0 Å². The molecule has 4 nitrogen and oxygen atoms in total. The summed E-state index contributed by atoms with van der Waals surface area (Å²) in [7, 11) is 2.26. The first-order valence-electron chi connectivity index (χ1n) is 8.86. The fourth-order valence-electron chi connectivity index (χ4n) is 2.96. The summed E-state index contributed by atoms with van der Waals surface area (Å²) < 4.78 is 12.1. The Kier molecular flexibility index (Phi) is 6.90. The number of carbonyl (C=O) groups excluding carboxylic acids is 1. The Labute approximate surface area is 140 Å². The van der Waals surface area contributed by atoms with E-state index < -0.39 is 0 Å². The van der Waals surface area contributed by atoms with Gasteiger partial charge in [-0.05, 0) is 49.9 Å². The standard InChI is InChI=1S/C19H30NO3/c1-3-4-15-22-18-10-8-17(9-11-18)19(21)23-16-14-20(2)12-6-5-7-13-20/h8-11H,3-7,12-16H2,1-2H3/q+1. The molecule has 23 heavy (non-hydrogen) atoms. The lowest BCUT2D eigenvalue weighted by Gasteiger charge is -2.37. The number of rotatable bonds is 8. The monoisotopic (exact) mass is 320 g/mol. The molecule has 1 aliphatic heterocycles. The fourth-order valence-corrected chi connectivity index (χ4v) is 2.96. The van der Waals surface area contributed by atoms with Gasteiger partial charge in [-0.1, -0.05) is 13.3 Å². The molecule has 0 unspecified atom stereocenters. The predicted molar refractivity (Wildman–Crippen MR) is 91.8 cm³/mol. The third-order valence-electron chi connectivity index (χ3n) is 4.62. The van der Waals surface area contributed by atoms with Crippen LogP contribution in [-0.2, 0) is 4.74 Å². The average molecular weight is 320 g/mol. The lowest BCUT2D eigenvalue weighted by atomic mass is 10.1. The first-order chi connectivity index (χ1) is 11.1. The van der Waals surface area contributed by atoms with Gasteiger partial charge in [-0.25, -0.2) is 4.79 Å². The van der Waals surface area contributed by atoms with E-state index in [9.17, 15) is 4.79 Å². The van der Waals surface area contributed by atoms with Crippen LogP contribution in [0.5, 0.6) is 5.75 Å². The maximum atomic E-state index is 12.1. The molecule has 1 heterocycles. The van der Waals surface area contributed by atoms with Crippen molar-refractivity contribution in [2.75, 3.05) is 39.9 Å². The molecule has 0 radical (unpaired) electrons. The van der Waals surface area contributed by atoms with Crippen molar-refractivity contribution >= 4 is 5.97 Å². The number of hydrogen-bond acceptors (Lipinski definition) is 3. The molecule has 0 bridgehead atoms. The van der Waals surface area contributed by atoms with E-state index in [0.717, 1.165) is 36.2 Å². The Morgan fingerprint density at radius 1 is 1.09 bits per heavy atom. The molecule has 0 amide bonds. The van der Waals surface area contributed by atoms with Crippen molar-refractivity contribution in [2.24, 2.45) is 0 Å². The van der Waals surface area contributed by atoms with Crippen LogP contribution in [0.4, 0.5) is 0 Å². The van der Waals surface area contributed by atoms with Crippen LogP contribution < -0.4 is 4.74 Å². The summed E-state index contributed by atoms with van der Waals surface area (Å²) in [6.45, 7) is 6.64. The van der Waals surface area contributed by atoms with Crippen molar-refractivity contribution in [1.82, 2.24) is 0 Å². The number of ether oxygens (including phenoxy) is 2. The van der Waals surface area contributed by atoms with Crippen LogP contribution in [0.15, 0.2) is 24.3 Å². The van der Waals surface area contributed by atoms with Crippen LogP contribution in [-0.4, -0.2) is 50.3 Å². The zero-order valence-corrected chi connectivity index (χ0v) is 14.6. The van der Waals surface area contributed by atoms with Gasteiger partial charge in [0.25, 0.3) is 0 Å². The molecule has 0 aliphatic carbocycles. The van der Waals surface area contributed by atoms with Crippen molar-refractivity contribution in [3.05, 3.63) is 29.8 Å². The van der Waals surface area contributed by atoms with Crippen molar-refractivity contribution in [3.63, 3.8) is 0 Å². The quantitative estimate of drug-likeness (QED) is 0.417. The van der Waals surface area contributed by atoms with Gasteiger partial charge >= 0.3 is 5.97 Å². The second kappa shape index (κ2) is 8.92. The number of likely N-dealkylation sites (tertiary alicyclic amines) is 1. The van der Waals surface area contributed by atoms with E-state index in [2.05, 4.69) is 14.0 Å². The molecule has 4 heteroatoms. The van der Waals surface area contributed by atoms with E-state index in [1.165, 1.54) is 32.4 Å². The number of benzene rings is 1. The molecule has 0 N–H and O–H groups in total. The summed E-state index contributed by atoms with van der Waals surface area (Å²) in [5, 5.41) is 0. The van der Waals surface area contributed by atoms with Gasteiger partial charge in [0.05, 0.1) is 32.3 Å². The van der Waals surface area contributed by atoms with Gasteiger partial charge in [0.2, 0.25) is 0 Å². The third-order valence-corrected chi connectivity index (χ3v) is 4.62. The van der Waals surface area contributed by atoms with Crippen molar-refractivity contribution in [1.29, 1.82) is 0 Å². The van der Waals surface area contributed by atoms with E-state index in [0.29, 0.717) is 12.2 Å². The lowest BCUT2D eigenvalue weighted by molar-refractivity contribution is -0.914. The molecule has 2 rings (SSSR count). The molecule has 1 aromatic carbocycles. The summed E-state index contributed by atoms with van der Waals surface area (Å²) >= 11 is 0. The van der Waals surface area contributed by atoms with E-state index in [1.807, 2.05) is 12.1 Å². The average Bonchev–Trinajstić information content (AvgIpc) is 2.56. The lowest BCUT2D eigenvalue weighted by Crippen LogP contribution is -2.49. The molecule has 1 aromatic rings. The Morgan fingerprint density at radius 2 is 1.78 bits per heavy atom. The highest BCUT2D eigenvalue weighted by atomic mass is 16.5. The number of quaternary nitrogens is 1. The van der Waals surface area contributed by atoms with Gasteiger partial charge in [0, 0.05) is 0 Å². The van der Waals surface area contributed by atoms with E-state index in [-0.39, 0.29) is 5.97 Å². The maximum absolute atomic E-state index is 12.1. The number of hydrogen-bond donors (Lipinski definition) is 0. The van der Waals surface area contributed by atoms with Gasteiger partial charge in [0.15, 0.2) is 0 Å². The fraction of sp³-hybridized carbons (Fsp3) is 0.632. The highest BCUT2D eigenvalue weighted by Gasteiger charge is 2.24. The van der Waals surface area contributed by atoms with E-state index >= 15 is 0 Å². The minimum absolute atomic E-state index is 0.242. The van der Waals surface area contributed by atoms with E-state index in [4.69, 9.17) is 9.47 Å². The first-order valence-corrected chi connectivity index (χ1v) is 8.86. The first kappa shape index (κ1) is 17.8. The largest absolute Gasteiger partial charge is 0.494 e. The molecule has 128 valence electrons. The van der Waals surface area contributed by atoms with Crippen molar-refractivity contribution in [2.45, 2.75) is 39.0 Å². The van der Waals surface area contributed by atoms with Crippen LogP contribution in [0.3, 0.4) is 0 Å². The Bertz CT molecular complexity index is 478. The second-order valence-electron chi connectivity index (χ2n) is 6.71. The zero-order chi connectivity index (χ0) is 16.5. The highest BCUT2D eigenvalue weighted by Crippen LogP contribution is 2.16. The van der Waals surface area contributed by atoms with Gasteiger partial charge in [0.1, 0.15) is 18.9 Å². The number of unbranched alkanes of at least 4 members (excludes halogenated alkanes) is 1. The molecular formula is C19H30NO3+. The summed E-state index contributed by atoms with van der Waals surface area (Å²) in [6, 6.07) is 7.23. The highest BCUT2D eigenvalue weighted by molar-refractivity contribution is 5.89. The molecule has 0 aromatic heterocycles. The molecule has 0 atom stereocenters. The Hall–Kier alpha value is -1.55. The van der Waals surface area contributed by atoms with Gasteiger partial charge in [-0.3, -0.25) is 0 Å². The maximum Gasteiger partial charge on any atom is 0.338 e. The Morgan fingerprint density at radius 3 is 2.43 bits per heavy atom. The number of carbonyl (C=O) groups is 1. The van der Waals surface area contributed by atoms with Crippen molar-refractivity contribution in [3.8, 4) is 5.75 Å². The number of likely N-dealkylation sites (N-methyl/N-ethyl adjacent to an activating group) is 1. The molecule has 1 fully saturated rings. The van der Waals surface area contributed by atoms with Crippen LogP contribution in [0.1, 0.15) is 49.4 Å². The minimum Gasteiger partial charge on any atom is -0.494 e. The number of nitrogens with zero attached hydrogens (tertiary/aromatic N) is 1. The summed E-state index contributed by atoms with van der Waals surface area (Å²) in [5.74, 6) is 0.565. The van der Waals surface area contributed by atoms with Gasteiger partial charge < -0.3 is 14.0 Å². The van der Waals surface area contributed by atoms with Crippen LogP contribution in [0.2, 0.25) is 0 Å². The number of piperidine rings is 1. The molecule has 1 aliphatic rings. The van der Waals surface area contributed by atoms with Crippen LogP contribution >= 0.6 is 0 Å². The SMILES string of the molecule is CCCCOc1ccc(C(=O)OCC[N+]2(C)CCCCC2)cc1. The summed E-state index contributed by atoms with van der Waals surface area (Å²) in [5.41, 5.74) is 0.592. The molecule has 0 spiro atoms. The normalized spacial score (nSPS) is 16.8. The third kappa shape index (κ3) is 5.87. The molecule has 1 saturated heterocycles. The Balaban J connectivity index is 1.74. The molecule has 0 saturated carbocycles. The zero-order valence-electron chi connectivity index (χ0n) is 14.6. The van der Waals surface area contributed by atoms with Crippen molar-refractivity contribution < 1.29 is 18.8 Å². The van der Waals surface area contributed by atoms with Crippen LogP contribution in [0, 0.1) is 0 Å². The smallest absolute Gasteiger partial charge is 0.338 e. The number of esters is 1. The molecular weight excluding hydrogens is 290 g/mol. The van der Waals surface area contributed by atoms with Crippen LogP contribution in [0.25, 0.3) is 0 Å².